The van der Waals surface area contributed by atoms with E-state index in [-0.39, 0.29) is 11.9 Å². The lowest BCUT2D eigenvalue weighted by Crippen LogP contribution is -2.32. The summed E-state index contributed by atoms with van der Waals surface area (Å²) in [6.07, 6.45) is 0. The molecule has 0 spiro atoms. The van der Waals surface area contributed by atoms with E-state index >= 15 is 0 Å². The van der Waals surface area contributed by atoms with Gasteiger partial charge >= 0.3 is 0 Å². The van der Waals surface area contributed by atoms with E-state index in [9.17, 15) is 0 Å². The molecule has 1 aromatic carbocycles. The van der Waals surface area contributed by atoms with Gasteiger partial charge in [-0.2, -0.15) is 0 Å². The number of aryl methyl sites for hydroxylation is 1. The molecule has 4 N–H and O–H groups in total. The molecule has 0 heterocycles. The predicted octanol–water partition coefficient (Wildman–Crippen LogP) is 2.20. The average molecular weight is 228 g/mol. The monoisotopic (exact) mass is 227 g/mol. The van der Waals surface area contributed by atoms with Crippen LogP contribution in [0.3, 0.4) is 0 Å². The molecule has 1 rings (SSSR count). The molecule has 1 atom stereocenters. The first kappa shape index (κ1) is 11.7. The van der Waals surface area contributed by atoms with Crippen molar-refractivity contribution in [3.8, 4) is 0 Å². The Kier molecular flexibility index (Phi) is 3.80. The van der Waals surface area contributed by atoms with Crippen molar-refractivity contribution in [2.75, 3.05) is 5.32 Å². The Morgan fingerprint density at radius 2 is 2.27 bits per heavy atom. The van der Waals surface area contributed by atoms with Crippen molar-refractivity contribution < 1.29 is 5.21 Å². The summed E-state index contributed by atoms with van der Waals surface area (Å²) in [6, 6.07) is 5.36. The van der Waals surface area contributed by atoms with Crippen LogP contribution in [-0.4, -0.2) is 17.1 Å². The fourth-order valence-electron chi connectivity index (χ4n) is 1.09. The second-order valence-electron chi connectivity index (χ2n) is 3.35. The number of oxime groups is 1. The highest BCUT2D eigenvalue weighted by Gasteiger charge is 2.07. The molecular weight excluding hydrogens is 214 g/mol. The van der Waals surface area contributed by atoms with E-state index in [1.807, 2.05) is 19.1 Å². The van der Waals surface area contributed by atoms with Gasteiger partial charge in [0.2, 0.25) is 0 Å². The number of amidine groups is 1. The third-order valence-corrected chi connectivity index (χ3v) is 2.52. The quantitative estimate of drug-likeness (QED) is 0.321. The largest absolute Gasteiger partial charge is 0.409 e. The normalized spacial score (nSPS) is 13.7. The van der Waals surface area contributed by atoms with E-state index < -0.39 is 0 Å². The maximum atomic E-state index is 8.48. The summed E-state index contributed by atoms with van der Waals surface area (Å²) in [5, 5.41) is 15.1. The number of hydrogen-bond acceptors (Lipinski definition) is 3. The molecule has 0 saturated heterocycles. The van der Waals surface area contributed by atoms with Crippen LogP contribution in [0.4, 0.5) is 5.69 Å². The number of rotatable bonds is 3. The zero-order valence-electron chi connectivity index (χ0n) is 8.66. The molecule has 15 heavy (non-hydrogen) atoms. The number of hydrogen-bond donors (Lipinski definition) is 3. The van der Waals surface area contributed by atoms with Crippen LogP contribution in [0.5, 0.6) is 0 Å². The Labute approximate surface area is 93.7 Å². The van der Waals surface area contributed by atoms with Gasteiger partial charge in [-0.05, 0) is 31.5 Å². The molecule has 4 nitrogen and oxygen atoms in total. The predicted molar refractivity (Wildman–Crippen MR) is 62.7 cm³/mol. The Bertz CT molecular complexity index is 379. The van der Waals surface area contributed by atoms with E-state index in [4.69, 9.17) is 22.5 Å². The highest BCUT2D eigenvalue weighted by Crippen LogP contribution is 2.20. The zero-order valence-corrected chi connectivity index (χ0v) is 9.42. The number of anilines is 1. The summed E-state index contributed by atoms with van der Waals surface area (Å²) in [5.41, 5.74) is 7.29. The Hall–Kier alpha value is -1.42. The van der Waals surface area contributed by atoms with Crippen LogP contribution in [0.1, 0.15) is 12.5 Å². The van der Waals surface area contributed by atoms with Gasteiger partial charge in [-0.1, -0.05) is 22.8 Å². The summed E-state index contributed by atoms with van der Waals surface area (Å²) in [6.45, 7) is 3.72. The maximum absolute atomic E-state index is 8.48. The molecular formula is C10H14ClN3O. The van der Waals surface area contributed by atoms with E-state index in [0.29, 0.717) is 5.02 Å². The molecule has 82 valence electrons. The van der Waals surface area contributed by atoms with E-state index in [1.165, 1.54) is 0 Å². The molecule has 0 fully saturated rings. The van der Waals surface area contributed by atoms with Gasteiger partial charge < -0.3 is 16.3 Å². The molecule has 0 bridgehead atoms. The SMILES string of the molecule is Cc1ccc(NC(C)C(N)=NO)cc1Cl. The highest BCUT2D eigenvalue weighted by molar-refractivity contribution is 6.31. The molecule has 1 unspecified atom stereocenters. The fraction of sp³-hybridized carbons (Fsp3) is 0.300. The Balaban J connectivity index is 2.77. The van der Waals surface area contributed by atoms with Crippen LogP contribution in [-0.2, 0) is 0 Å². The molecule has 0 aromatic heterocycles. The van der Waals surface area contributed by atoms with Crippen LogP contribution in [0.2, 0.25) is 5.02 Å². The molecule has 0 radical (unpaired) electrons. The Morgan fingerprint density at radius 1 is 1.60 bits per heavy atom. The van der Waals surface area contributed by atoms with Crippen molar-refractivity contribution in [2.45, 2.75) is 19.9 Å². The topological polar surface area (TPSA) is 70.6 Å². The lowest BCUT2D eigenvalue weighted by Gasteiger charge is -2.14. The van der Waals surface area contributed by atoms with Crippen LogP contribution in [0, 0.1) is 6.92 Å². The van der Waals surface area contributed by atoms with Gasteiger partial charge in [-0.15, -0.1) is 0 Å². The molecule has 1 aromatic rings. The van der Waals surface area contributed by atoms with Gasteiger partial charge in [0.25, 0.3) is 0 Å². The number of benzene rings is 1. The molecule has 0 aliphatic carbocycles. The summed E-state index contributed by atoms with van der Waals surface area (Å²) in [7, 11) is 0. The van der Waals surface area contributed by atoms with Crippen molar-refractivity contribution in [1.82, 2.24) is 0 Å². The minimum Gasteiger partial charge on any atom is -0.409 e. The van der Waals surface area contributed by atoms with Crippen LogP contribution in [0.25, 0.3) is 0 Å². The number of nitrogens with zero attached hydrogens (tertiary/aromatic N) is 1. The van der Waals surface area contributed by atoms with Crippen LogP contribution >= 0.6 is 11.6 Å². The smallest absolute Gasteiger partial charge is 0.161 e. The highest BCUT2D eigenvalue weighted by atomic mass is 35.5. The fourth-order valence-corrected chi connectivity index (χ4v) is 1.27. The van der Waals surface area contributed by atoms with Gasteiger partial charge in [-0.3, -0.25) is 0 Å². The van der Waals surface area contributed by atoms with Gasteiger partial charge in [0, 0.05) is 10.7 Å². The van der Waals surface area contributed by atoms with Crippen molar-refractivity contribution in [3.63, 3.8) is 0 Å². The van der Waals surface area contributed by atoms with Gasteiger partial charge in [0.15, 0.2) is 5.84 Å². The van der Waals surface area contributed by atoms with E-state index in [2.05, 4.69) is 10.5 Å². The first-order valence-corrected chi connectivity index (χ1v) is 4.92. The van der Waals surface area contributed by atoms with Crippen molar-refractivity contribution in [3.05, 3.63) is 28.8 Å². The van der Waals surface area contributed by atoms with Crippen LogP contribution < -0.4 is 11.1 Å². The van der Waals surface area contributed by atoms with Crippen molar-refractivity contribution in [1.29, 1.82) is 0 Å². The van der Waals surface area contributed by atoms with E-state index in [1.54, 1.807) is 13.0 Å². The summed E-state index contributed by atoms with van der Waals surface area (Å²) in [5.74, 6) is 0.131. The Morgan fingerprint density at radius 3 is 2.80 bits per heavy atom. The van der Waals surface area contributed by atoms with Crippen LogP contribution in [0.15, 0.2) is 23.4 Å². The standard InChI is InChI=1S/C10H14ClN3O/c1-6-3-4-8(5-9(6)11)13-7(2)10(12)14-15/h3-5,7,13,15H,1-2H3,(H2,12,14). The minimum atomic E-state index is -0.242. The van der Waals surface area contributed by atoms with Gasteiger partial charge in [-0.25, -0.2) is 0 Å². The molecule has 5 heteroatoms. The summed E-state index contributed by atoms with van der Waals surface area (Å²) < 4.78 is 0. The second kappa shape index (κ2) is 4.89. The first-order valence-electron chi connectivity index (χ1n) is 4.54. The summed E-state index contributed by atoms with van der Waals surface area (Å²) in [4.78, 5) is 0. The third kappa shape index (κ3) is 3.02. The molecule has 0 amide bonds. The van der Waals surface area contributed by atoms with Gasteiger partial charge in [0.1, 0.15) is 0 Å². The number of nitrogens with two attached hydrogens (primary N) is 1. The van der Waals surface area contributed by atoms with Gasteiger partial charge in [0.05, 0.1) is 6.04 Å². The minimum absolute atomic E-state index is 0.131. The second-order valence-corrected chi connectivity index (χ2v) is 3.76. The molecule has 0 aliphatic rings. The maximum Gasteiger partial charge on any atom is 0.161 e. The lowest BCUT2D eigenvalue weighted by molar-refractivity contribution is 0.316. The third-order valence-electron chi connectivity index (χ3n) is 2.11. The van der Waals surface area contributed by atoms with Crippen molar-refractivity contribution >= 4 is 23.1 Å². The van der Waals surface area contributed by atoms with E-state index in [0.717, 1.165) is 11.3 Å². The number of halogens is 1. The summed E-state index contributed by atoms with van der Waals surface area (Å²) >= 11 is 5.96. The van der Waals surface area contributed by atoms with Crippen molar-refractivity contribution in [2.24, 2.45) is 10.9 Å². The number of nitrogens with one attached hydrogen (secondary N) is 1. The lowest BCUT2D eigenvalue weighted by atomic mass is 10.2. The molecule has 0 saturated carbocycles. The average Bonchev–Trinajstić information content (AvgIpc) is 2.22. The zero-order chi connectivity index (χ0) is 11.4. The molecule has 0 aliphatic heterocycles. The first-order chi connectivity index (χ1) is 7.04.